The van der Waals surface area contributed by atoms with Gasteiger partial charge in [0.05, 0.1) is 10.7 Å². The average Bonchev–Trinajstić information content (AvgIpc) is 3.02. The molecule has 0 saturated carbocycles. The van der Waals surface area contributed by atoms with E-state index in [1.807, 2.05) is 35.7 Å². The van der Waals surface area contributed by atoms with Crippen LogP contribution in [0.2, 0.25) is 0 Å². The van der Waals surface area contributed by atoms with Gasteiger partial charge >= 0.3 is 6.18 Å². The molecule has 0 atom stereocenters. The summed E-state index contributed by atoms with van der Waals surface area (Å²) in [5.41, 5.74) is -0.359. The zero-order valence-electron chi connectivity index (χ0n) is 12.5. The highest BCUT2D eigenvalue weighted by molar-refractivity contribution is 7.09. The molecule has 0 aliphatic carbocycles. The molecule has 2 heterocycles. The highest BCUT2D eigenvalue weighted by Crippen LogP contribution is 2.26. The summed E-state index contributed by atoms with van der Waals surface area (Å²) >= 11 is 1.43. The predicted molar refractivity (Wildman–Crippen MR) is 87.0 cm³/mol. The van der Waals surface area contributed by atoms with E-state index < -0.39 is 17.3 Å². The number of thiazole rings is 1. The first-order chi connectivity index (χ1) is 11.4. The van der Waals surface area contributed by atoms with Crippen LogP contribution in [-0.4, -0.2) is 9.55 Å². The Bertz CT molecular complexity index is 885. The van der Waals surface area contributed by atoms with Crippen LogP contribution in [0, 0.1) is 0 Å². The Labute approximate surface area is 140 Å². The second kappa shape index (κ2) is 6.60. The minimum absolute atomic E-state index is 0.157. The number of nitrogens with zero attached hydrogens (tertiary/aromatic N) is 2. The fourth-order valence-electron chi connectivity index (χ4n) is 2.31. The van der Waals surface area contributed by atoms with E-state index in [0.29, 0.717) is 6.42 Å². The Morgan fingerprint density at radius 1 is 1.08 bits per heavy atom. The fourth-order valence-corrected chi connectivity index (χ4v) is 3.11. The number of hydrogen-bond acceptors (Lipinski definition) is 3. The van der Waals surface area contributed by atoms with Crippen molar-refractivity contribution in [1.29, 1.82) is 0 Å². The van der Waals surface area contributed by atoms with E-state index in [0.717, 1.165) is 26.9 Å². The van der Waals surface area contributed by atoms with Crippen molar-refractivity contribution in [2.24, 2.45) is 0 Å². The first-order valence-corrected chi connectivity index (χ1v) is 8.09. The van der Waals surface area contributed by atoms with Crippen LogP contribution < -0.4 is 5.56 Å². The fraction of sp³-hybridized carbons (Fsp3) is 0.176. The lowest BCUT2D eigenvalue weighted by Crippen LogP contribution is -2.28. The molecule has 7 heteroatoms. The van der Waals surface area contributed by atoms with Crippen molar-refractivity contribution >= 4 is 11.3 Å². The molecule has 0 aliphatic rings. The molecule has 3 nitrogen and oxygen atoms in total. The van der Waals surface area contributed by atoms with E-state index >= 15 is 0 Å². The molecule has 0 unspecified atom stereocenters. The highest BCUT2D eigenvalue weighted by Gasteiger charge is 2.34. The number of pyridine rings is 1. The molecule has 124 valence electrons. The number of benzene rings is 1. The number of aromatic nitrogens is 2. The average molecular weight is 350 g/mol. The minimum Gasteiger partial charge on any atom is -0.315 e. The van der Waals surface area contributed by atoms with Gasteiger partial charge in [0.2, 0.25) is 0 Å². The van der Waals surface area contributed by atoms with Crippen molar-refractivity contribution in [3.8, 4) is 11.3 Å². The summed E-state index contributed by atoms with van der Waals surface area (Å²) in [6.45, 7) is 0.157. The third-order valence-corrected chi connectivity index (χ3v) is 4.42. The maximum atomic E-state index is 12.8. The standard InChI is InChI=1S/C17H13F3N2OS/c18-17(19,20)13-7-4-9-22(16(13)23)10-8-15-21-14(11-24-15)12-5-2-1-3-6-12/h1-7,9,11H,8,10H2. The van der Waals surface area contributed by atoms with Crippen LogP contribution in [0.4, 0.5) is 13.2 Å². The van der Waals surface area contributed by atoms with Gasteiger partial charge in [0, 0.05) is 30.1 Å². The third kappa shape index (κ3) is 3.56. The first-order valence-electron chi connectivity index (χ1n) is 7.21. The lowest BCUT2D eigenvalue weighted by atomic mass is 10.2. The molecule has 0 radical (unpaired) electrons. The molecule has 24 heavy (non-hydrogen) atoms. The Morgan fingerprint density at radius 3 is 2.54 bits per heavy atom. The number of halogens is 3. The Hall–Kier alpha value is -2.41. The smallest absolute Gasteiger partial charge is 0.315 e. The lowest BCUT2D eigenvalue weighted by Gasteiger charge is -2.09. The SMILES string of the molecule is O=c1c(C(F)(F)F)cccn1CCc1nc(-c2ccccc2)cs1. The van der Waals surface area contributed by atoms with Crippen molar-refractivity contribution in [3.05, 3.63) is 75.0 Å². The van der Waals surface area contributed by atoms with Gasteiger partial charge in [-0.25, -0.2) is 4.98 Å². The van der Waals surface area contributed by atoms with Crippen LogP contribution in [0.3, 0.4) is 0 Å². The number of hydrogen-bond donors (Lipinski definition) is 0. The van der Waals surface area contributed by atoms with E-state index in [2.05, 4.69) is 4.98 Å². The molecule has 0 saturated heterocycles. The third-order valence-electron chi connectivity index (χ3n) is 3.51. The zero-order chi connectivity index (χ0) is 17.2. The zero-order valence-corrected chi connectivity index (χ0v) is 13.3. The largest absolute Gasteiger partial charge is 0.421 e. The van der Waals surface area contributed by atoms with E-state index in [1.54, 1.807) is 0 Å². The van der Waals surface area contributed by atoms with Crippen LogP contribution in [-0.2, 0) is 19.1 Å². The molecule has 0 aliphatic heterocycles. The van der Waals surface area contributed by atoms with Gasteiger partial charge < -0.3 is 4.57 Å². The Kier molecular flexibility index (Phi) is 4.53. The second-order valence-corrected chi connectivity index (χ2v) is 6.10. The second-order valence-electron chi connectivity index (χ2n) is 5.16. The summed E-state index contributed by atoms with van der Waals surface area (Å²) < 4.78 is 39.4. The van der Waals surface area contributed by atoms with Crippen molar-refractivity contribution in [2.45, 2.75) is 19.1 Å². The molecule has 0 N–H and O–H groups in total. The first kappa shape index (κ1) is 16.4. The highest BCUT2D eigenvalue weighted by atomic mass is 32.1. The normalized spacial score (nSPS) is 11.6. The molecule has 3 rings (SSSR count). The molecule has 1 aromatic carbocycles. The van der Waals surface area contributed by atoms with E-state index in [1.165, 1.54) is 23.6 Å². The van der Waals surface area contributed by atoms with Crippen molar-refractivity contribution in [2.75, 3.05) is 0 Å². The Morgan fingerprint density at radius 2 is 1.83 bits per heavy atom. The molecule has 0 spiro atoms. The van der Waals surface area contributed by atoms with Crippen LogP contribution in [0.25, 0.3) is 11.3 Å². The summed E-state index contributed by atoms with van der Waals surface area (Å²) in [4.78, 5) is 16.4. The van der Waals surface area contributed by atoms with Gasteiger partial charge in [0.25, 0.3) is 5.56 Å². The van der Waals surface area contributed by atoms with Gasteiger partial charge in [0.1, 0.15) is 5.56 Å². The molecular weight excluding hydrogens is 337 g/mol. The van der Waals surface area contributed by atoms with Gasteiger partial charge in [-0.1, -0.05) is 30.3 Å². The summed E-state index contributed by atoms with van der Waals surface area (Å²) in [5, 5.41) is 2.68. The summed E-state index contributed by atoms with van der Waals surface area (Å²) in [6.07, 6.45) is -2.87. The topological polar surface area (TPSA) is 34.9 Å². The molecule has 3 aromatic rings. The maximum Gasteiger partial charge on any atom is 0.421 e. The molecule has 0 bridgehead atoms. The molecule has 2 aromatic heterocycles. The molecule has 0 amide bonds. The van der Waals surface area contributed by atoms with Crippen LogP contribution in [0.15, 0.2) is 58.8 Å². The summed E-state index contributed by atoms with van der Waals surface area (Å²) in [7, 11) is 0. The van der Waals surface area contributed by atoms with Crippen LogP contribution in [0.1, 0.15) is 10.6 Å². The number of rotatable bonds is 4. The molecular formula is C17H13F3N2OS. The van der Waals surface area contributed by atoms with Gasteiger partial charge in [-0.2, -0.15) is 13.2 Å². The predicted octanol–water partition coefficient (Wildman–Crippen LogP) is 4.23. The van der Waals surface area contributed by atoms with Crippen LogP contribution in [0.5, 0.6) is 0 Å². The van der Waals surface area contributed by atoms with Crippen molar-refractivity contribution < 1.29 is 13.2 Å². The minimum atomic E-state index is -4.64. The van der Waals surface area contributed by atoms with Gasteiger partial charge in [-0.15, -0.1) is 11.3 Å². The van der Waals surface area contributed by atoms with E-state index in [-0.39, 0.29) is 6.54 Å². The number of aryl methyl sites for hydroxylation is 2. The van der Waals surface area contributed by atoms with Crippen LogP contribution >= 0.6 is 11.3 Å². The van der Waals surface area contributed by atoms with Gasteiger partial charge in [-0.3, -0.25) is 4.79 Å². The van der Waals surface area contributed by atoms with E-state index in [9.17, 15) is 18.0 Å². The summed E-state index contributed by atoms with van der Waals surface area (Å²) in [5.74, 6) is 0. The van der Waals surface area contributed by atoms with Crippen molar-refractivity contribution in [3.63, 3.8) is 0 Å². The Balaban J connectivity index is 1.76. The number of alkyl halides is 3. The van der Waals surface area contributed by atoms with Gasteiger partial charge in [-0.05, 0) is 12.1 Å². The molecule has 0 fully saturated rings. The van der Waals surface area contributed by atoms with Crippen molar-refractivity contribution in [1.82, 2.24) is 9.55 Å². The van der Waals surface area contributed by atoms with E-state index in [4.69, 9.17) is 0 Å². The quantitative estimate of drug-likeness (QED) is 0.706. The van der Waals surface area contributed by atoms with Gasteiger partial charge in [0.15, 0.2) is 0 Å². The maximum absolute atomic E-state index is 12.8. The summed E-state index contributed by atoms with van der Waals surface area (Å²) in [6, 6.07) is 11.7. The monoisotopic (exact) mass is 350 g/mol. The lowest BCUT2D eigenvalue weighted by molar-refractivity contribution is -0.139.